The largest absolute Gasteiger partial charge is 0.393 e. The minimum absolute atomic E-state index is 0.0623. The quantitative estimate of drug-likeness (QED) is 0.853. The van der Waals surface area contributed by atoms with E-state index >= 15 is 0 Å². The van der Waals surface area contributed by atoms with Gasteiger partial charge in [0.05, 0.1) is 9.87 Å². The van der Waals surface area contributed by atoms with E-state index in [0.29, 0.717) is 11.5 Å². The summed E-state index contributed by atoms with van der Waals surface area (Å²) < 4.78 is 2.30. The highest BCUT2D eigenvalue weighted by Crippen LogP contribution is 2.29. The molecule has 2 heterocycles. The van der Waals surface area contributed by atoms with E-state index in [4.69, 9.17) is 18.0 Å². The summed E-state index contributed by atoms with van der Waals surface area (Å²) in [7, 11) is 0. The molecule has 0 unspecified atom stereocenters. The van der Waals surface area contributed by atoms with Crippen molar-refractivity contribution in [2.75, 3.05) is 6.54 Å². The Morgan fingerprint density at radius 2 is 2.22 bits per heavy atom. The zero-order valence-corrected chi connectivity index (χ0v) is 12.6. The Morgan fingerprint density at radius 1 is 1.50 bits per heavy atom. The number of thiophene rings is 2. The van der Waals surface area contributed by atoms with Crippen molar-refractivity contribution in [1.82, 2.24) is 5.32 Å². The highest BCUT2D eigenvalue weighted by molar-refractivity contribution is 7.80. The van der Waals surface area contributed by atoms with Crippen molar-refractivity contribution >= 4 is 55.2 Å². The normalized spacial score (nSPS) is 11.7. The molecule has 0 saturated carbocycles. The molecule has 0 aromatic carbocycles. The number of amides is 1. The second kappa shape index (κ2) is 4.95. The summed E-state index contributed by atoms with van der Waals surface area (Å²) in [4.78, 5) is 13.1. The lowest BCUT2D eigenvalue weighted by atomic mass is 9.94. The van der Waals surface area contributed by atoms with Crippen molar-refractivity contribution in [2.24, 2.45) is 11.1 Å². The van der Waals surface area contributed by atoms with E-state index in [1.54, 1.807) is 11.3 Å². The number of fused-ring (bicyclic) bond motifs is 1. The first kappa shape index (κ1) is 13.5. The van der Waals surface area contributed by atoms with Crippen molar-refractivity contribution in [3.05, 3.63) is 22.4 Å². The minimum Gasteiger partial charge on any atom is -0.393 e. The molecular formula is C12H14N2OS3. The number of thiocarbonyl (C=S) groups is 1. The average Bonchev–Trinajstić information content (AvgIpc) is 2.85. The number of carbonyl (C=O) groups excluding carboxylic acids is 1. The molecule has 0 aliphatic heterocycles. The van der Waals surface area contributed by atoms with E-state index in [-0.39, 0.29) is 11.3 Å². The summed E-state index contributed by atoms with van der Waals surface area (Å²) in [6.07, 6.45) is 0. The molecule has 3 N–H and O–H groups in total. The SMILES string of the molecule is CC(C)(CNC(=O)c1cc2sccc2s1)C(N)=S. The third kappa shape index (κ3) is 2.71. The summed E-state index contributed by atoms with van der Waals surface area (Å²) in [5.74, 6) is -0.0623. The highest BCUT2D eigenvalue weighted by Gasteiger charge is 2.22. The minimum atomic E-state index is -0.361. The maximum atomic E-state index is 12.0. The van der Waals surface area contributed by atoms with Crippen molar-refractivity contribution in [3.63, 3.8) is 0 Å². The molecule has 96 valence electrons. The number of hydrogen-bond acceptors (Lipinski definition) is 4. The van der Waals surface area contributed by atoms with Gasteiger partial charge in [0.1, 0.15) is 0 Å². The number of hydrogen-bond donors (Lipinski definition) is 2. The third-order valence-electron chi connectivity index (χ3n) is 2.72. The zero-order valence-electron chi connectivity index (χ0n) is 10.1. The van der Waals surface area contributed by atoms with Crippen LogP contribution in [0.15, 0.2) is 17.5 Å². The van der Waals surface area contributed by atoms with Gasteiger partial charge in [0, 0.05) is 21.4 Å². The topological polar surface area (TPSA) is 55.1 Å². The fourth-order valence-electron chi connectivity index (χ4n) is 1.35. The number of nitrogens with one attached hydrogen (secondary N) is 1. The zero-order chi connectivity index (χ0) is 13.3. The lowest BCUT2D eigenvalue weighted by Gasteiger charge is -2.23. The highest BCUT2D eigenvalue weighted by atomic mass is 32.1. The number of carbonyl (C=O) groups is 1. The summed E-state index contributed by atoms with van der Waals surface area (Å²) in [5, 5.41) is 4.91. The molecule has 0 spiro atoms. The molecule has 2 rings (SSSR count). The molecule has 18 heavy (non-hydrogen) atoms. The first-order chi connectivity index (χ1) is 8.40. The molecule has 0 saturated heterocycles. The number of rotatable bonds is 4. The Balaban J connectivity index is 2.05. The lowest BCUT2D eigenvalue weighted by Crippen LogP contribution is -2.41. The first-order valence-corrected chi connectivity index (χ1v) is 7.56. The van der Waals surface area contributed by atoms with Crippen LogP contribution in [-0.4, -0.2) is 17.4 Å². The Labute approximate surface area is 119 Å². The van der Waals surface area contributed by atoms with Crippen molar-refractivity contribution in [3.8, 4) is 0 Å². The van der Waals surface area contributed by atoms with Crippen LogP contribution in [0.1, 0.15) is 23.5 Å². The first-order valence-electron chi connectivity index (χ1n) is 5.45. The van der Waals surface area contributed by atoms with Gasteiger partial charge in [-0.15, -0.1) is 22.7 Å². The Kier molecular flexibility index (Phi) is 3.70. The molecule has 6 heteroatoms. The Morgan fingerprint density at radius 3 is 2.83 bits per heavy atom. The summed E-state index contributed by atoms with van der Waals surface area (Å²) in [6, 6.07) is 3.95. The van der Waals surface area contributed by atoms with Gasteiger partial charge < -0.3 is 11.1 Å². The van der Waals surface area contributed by atoms with Gasteiger partial charge in [-0.3, -0.25) is 4.79 Å². The summed E-state index contributed by atoms with van der Waals surface area (Å²) >= 11 is 8.12. The smallest absolute Gasteiger partial charge is 0.261 e. The van der Waals surface area contributed by atoms with E-state index in [0.717, 1.165) is 14.3 Å². The standard InChI is InChI=1S/C12H14N2OS3/c1-12(2,11(13)16)6-14-10(15)9-5-8-7(18-9)3-4-17-8/h3-5H,6H2,1-2H3,(H2,13,16)(H,14,15). The van der Waals surface area contributed by atoms with Gasteiger partial charge in [-0.1, -0.05) is 26.1 Å². The van der Waals surface area contributed by atoms with E-state index in [9.17, 15) is 4.79 Å². The van der Waals surface area contributed by atoms with Crippen LogP contribution in [0.2, 0.25) is 0 Å². The van der Waals surface area contributed by atoms with Crippen molar-refractivity contribution in [2.45, 2.75) is 13.8 Å². The lowest BCUT2D eigenvalue weighted by molar-refractivity contribution is 0.0949. The van der Waals surface area contributed by atoms with Crippen LogP contribution in [0.25, 0.3) is 9.40 Å². The van der Waals surface area contributed by atoms with E-state index in [2.05, 4.69) is 5.32 Å². The van der Waals surface area contributed by atoms with E-state index in [1.165, 1.54) is 11.3 Å². The maximum absolute atomic E-state index is 12.0. The molecule has 1 amide bonds. The molecule has 0 radical (unpaired) electrons. The fourth-order valence-corrected chi connectivity index (χ4v) is 3.45. The van der Waals surface area contributed by atoms with Gasteiger partial charge >= 0.3 is 0 Å². The maximum Gasteiger partial charge on any atom is 0.261 e. The summed E-state index contributed by atoms with van der Waals surface area (Å²) in [6.45, 7) is 4.29. The molecule has 2 aromatic rings. The number of nitrogens with two attached hydrogens (primary N) is 1. The van der Waals surface area contributed by atoms with Gasteiger partial charge in [-0.05, 0) is 17.5 Å². The molecule has 0 fully saturated rings. The van der Waals surface area contributed by atoms with Crippen LogP contribution in [0, 0.1) is 5.41 Å². The predicted molar refractivity (Wildman–Crippen MR) is 82.6 cm³/mol. The predicted octanol–water partition coefficient (Wildman–Crippen LogP) is 3.00. The van der Waals surface area contributed by atoms with Gasteiger partial charge in [0.15, 0.2) is 0 Å². The van der Waals surface area contributed by atoms with Crippen molar-refractivity contribution < 1.29 is 4.79 Å². The van der Waals surface area contributed by atoms with Crippen LogP contribution in [0.3, 0.4) is 0 Å². The molecule has 0 bridgehead atoms. The monoisotopic (exact) mass is 298 g/mol. The van der Waals surface area contributed by atoms with Gasteiger partial charge in [0.2, 0.25) is 0 Å². The van der Waals surface area contributed by atoms with Crippen molar-refractivity contribution in [1.29, 1.82) is 0 Å². The average molecular weight is 298 g/mol. The third-order valence-corrected chi connectivity index (χ3v) is 5.37. The molecular weight excluding hydrogens is 284 g/mol. The second-order valence-corrected chi connectivity index (χ2v) is 7.16. The van der Waals surface area contributed by atoms with Gasteiger partial charge in [-0.25, -0.2) is 0 Å². The Bertz CT molecular complexity index is 569. The molecule has 0 atom stereocenters. The molecule has 0 aliphatic rings. The Hall–Kier alpha value is -0.980. The van der Waals surface area contributed by atoms with Crippen LogP contribution < -0.4 is 11.1 Å². The van der Waals surface area contributed by atoms with Crippen LogP contribution in [-0.2, 0) is 0 Å². The van der Waals surface area contributed by atoms with Crippen LogP contribution in [0.4, 0.5) is 0 Å². The fraction of sp³-hybridized carbons (Fsp3) is 0.333. The molecule has 0 aliphatic carbocycles. The van der Waals surface area contributed by atoms with Gasteiger partial charge in [0.25, 0.3) is 5.91 Å². The second-order valence-electron chi connectivity index (χ2n) is 4.69. The van der Waals surface area contributed by atoms with Crippen LogP contribution in [0.5, 0.6) is 0 Å². The van der Waals surface area contributed by atoms with Gasteiger partial charge in [-0.2, -0.15) is 0 Å². The van der Waals surface area contributed by atoms with E-state index in [1.807, 2.05) is 31.4 Å². The molecule has 3 nitrogen and oxygen atoms in total. The molecule has 2 aromatic heterocycles. The van der Waals surface area contributed by atoms with Crippen LogP contribution >= 0.6 is 34.9 Å². The summed E-state index contributed by atoms with van der Waals surface area (Å²) in [5.41, 5.74) is 5.26. The van der Waals surface area contributed by atoms with E-state index < -0.39 is 0 Å².